The summed E-state index contributed by atoms with van der Waals surface area (Å²) in [6.45, 7) is 4.76. The Kier molecular flexibility index (Phi) is 8.63. The summed E-state index contributed by atoms with van der Waals surface area (Å²) < 4.78 is 2.19. The number of benzene rings is 10. The standard InChI is InChI=1S/C69H47N3/c1-68(2)56-31-16-15-30-55(56)65-60(68)35-20-36-62(65)71(49-38-40-54-53-29-14-19-34-59(53)69(61(54)43-49)57-32-17-12-27-51(57)52-28-13-18-33-58(52)69)48-37-39-50-47(41-48)42-63(44-21-6-3-7-22-44)72-67(50)64(45-23-8-4-9-24-45)66(70-72)46-25-10-5-11-26-46/h3-43H,1-2H3. The fourth-order valence-electron chi connectivity index (χ4n) is 13.1. The molecule has 0 fully saturated rings. The van der Waals surface area contributed by atoms with Crippen LogP contribution in [0.15, 0.2) is 249 Å². The van der Waals surface area contributed by atoms with E-state index in [0.29, 0.717) is 0 Å². The van der Waals surface area contributed by atoms with Crippen molar-refractivity contribution in [1.29, 1.82) is 0 Å². The lowest BCUT2D eigenvalue weighted by atomic mass is 9.70. The second kappa shape index (κ2) is 15.2. The maximum Gasteiger partial charge on any atom is 0.101 e. The highest BCUT2D eigenvalue weighted by Crippen LogP contribution is 2.64. The molecular formula is C69H47N3. The Morgan fingerprint density at radius 2 is 0.875 bits per heavy atom. The van der Waals surface area contributed by atoms with Gasteiger partial charge in [0.1, 0.15) is 5.69 Å². The Morgan fingerprint density at radius 1 is 0.375 bits per heavy atom. The molecule has 338 valence electrons. The zero-order valence-corrected chi connectivity index (χ0v) is 40.0. The third-order valence-electron chi connectivity index (χ3n) is 16.2. The molecule has 0 aliphatic heterocycles. The molecule has 0 saturated carbocycles. The summed E-state index contributed by atoms with van der Waals surface area (Å²) in [5, 5.41) is 7.81. The Bertz CT molecular complexity index is 4120. The van der Waals surface area contributed by atoms with Gasteiger partial charge in [-0.3, -0.25) is 0 Å². The van der Waals surface area contributed by atoms with Gasteiger partial charge in [0.05, 0.1) is 22.3 Å². The van der Waals surface area contributed by atoms with E-state index in [2.05, 4.69) is 272 Å². The Morgan fingerprint density at radius 3 is 1.51 bits per heavy atom. The average molecular weight is 918 g/mol. The Labute approximate surface area is 419 Å². The van der Waals surface area contributed by atoms with E-state index in [1.165, 1.54) is 66.8 Å². The minimum absolute atomic E-state index is 0.180. The second-order valence-electron chi connectivity index (χ2n) is 20.2. The van der Waals surface area contributed by atoms with Crippen molar-refractivity contribution in [2.45, 2.75) is 24.7 Å². The van der Waals surface area contributed by atoms with Gasteiger partial charge < -0.3 is 4.90 Å². The first-order valence-electron chi connectivity index (χ1n) is 25.1. The van der Waals surface area contributed by atoms with Gasteiger partial charge in [0.25, 0.3) is 0 Å². The number of nitrogens with zero attached hydrogens (tertiary/aromatic N) is 3. The smallest absolute Gasteiger partial charge is 0.101 e. The maximum atomic E-state index is 5.54. The number of pyridine rings is 1. The summed E-state index contributed by atoms with van der Waals surface area (Å²) in [6, 6.07) is 92.2. The summed E-state index contributed by atoms with van der Waals surface area (Å²) in [4.78, 5) is 2.55. The van der Waals surface area contributed by atoms with Crippen LogP contribution in [-0.2, 0) is 10.8 Å². The van der Waals surface area contributed by atoms with Crippen LogP contribution in [0.2, 0.25) is 0 Å². The minimum atomic E-state index is -0.486. The molecule has 0 amide bonds. The average Bonchev–Trinajstić information content (AvgIpc) is 4.14. The number of aromatic nitrogens is 2. The third kappa shape index (κ3) is 5.53. The third-order valence-corrected chi connectivity index (χ3v) is 16.2. The molecule has 0 radical (unpaired) electrons. The van der Waals surface area contributed by atoms with Crippen LogP contribution in [0.1, 0.15) is 47.2 Å². The molecule has 0 bridgehead atoms. The molecular weight excluding hydrogens is 871 g/mol. The first-order valence-corrected chi connectivity index (χ1v) is 25.1. The van der Waals surface area contributed by atoms with Gasteiger partial charge in [0.15, 0.2) is 0 Å². The van der Waals surface area contributed by atoms with Crippen LogP contribution in [0.4, 0.5) is 17.1 Å². The highest BCUT2D eigenvalue weighted by Gasteiger charge is 2.52. The van der Waals surface area contributed by atoms with Crippen molar-refractivity contribution in [2.24, 2.45) is 0 Å². The van der Waals surface area contributed by atoms with Crippen molar-refractivity contribution in [1.82, 2.24) is 9.61 Å². The molecule has 3 aliphatic carbocycles. The normalized spacial score (nSPS) is 13.9. The zero-order valence-electron chi connectivity index (χ0n) is 40.0. The van der Waals surface area contributed by atoms with Gasteiger partial charge in [-0.1, -0.05) is 226 Å². The first kappa shape index (κ1) is 40.8. The van der Waals surface area contributed by atoms with Crippen LogP contribution >= 0.6 is 0 Å². The van der Waals surface area contributed by atoms with E-state index in [0.717, 1.165) is 67.0 Å². The quantitative estimate of drug-likeness (QED) is 0.166. The van der Waals surface area contributed by atoms with E-state index in [4.69, 9.17) is 5.10 Å². The predicted octanol–water partition coefficient (Wildman–Crippen LogP) is 17.6. The van der Waals surface area contributed by atoms with E-state index in [-0.39, 0.29) is 5.41 Å². The lowest BCUT2D eigenvalue weighted by Crippen LogP contribution is -2.26. The van der Waals surface area contributed by atoms with Crippen molar-refractivity contribution in [3.63, 3.8) is 0 Å². The van der Waals surface area contributed by atoms with Crippen LogP contribution in [-0.4, -0.2) is 9.61 Å². The Balaban J connectivity index is 1.04. The molecule has 3 heteroatoms. The summed E-state index contributed by atoms with van der Waals surface area (Å²) in [6.07, 6.45) is 0. The molecule has 10 aromatic carbocycles. The number of hydrogen-bond acceptors (Lipinski definition) is 2. The van der Waals surface area contributed by atoms with Gasteiger partial charge in [0, 0.05) is 44.4 Å². The molecule has 0 saturated heterocycles. The lowest BCUT2D eigenvalue weighted by Gasteiger charge is -2.33. The topological polar surface area (TPSA) is 20.5 Å². The molecule has 1 spiro atoms. The molecule has 0 N–H and O–H groups in total. The fourth-order valence-corrected chi connectivity index (χ4v) is 13.1. The van der Waals surface area contributed by atoms with Crippen LogP contribution < -0.4 is 4.90 Å². The van der Waals surface area contributed by atoms with E-state index >= 15 is 0 Å². The maximum absolute atomic E-state index is 5.54. The molecule has 0 unspecified atom stereocenters. The summed E-state index contributed by atoms with van der Waals surface area (Å²) >= 11 is 0. The van der Waals surface area contributed by atoms with Gasteiger partial charge in [-0.05, 0) is 109 Å². The van der Waals surface area contributed by atoms with Crippen molar-refractivity contribution < 1.29 is 0 Å². The number of rotatable bonds is 6. The van der Waals surface area contributed by atoms with E-state index in [1.807, 2.05) is 0 Å². The molecule has 12 aromatic rings. The molecule has 2 heterocycles. The monoisotopic (exact) mass is 917 g/mol. The number of anilines is 3. The molecule has 72 heavy (non-hydrogen) atoms. The lowest BCUT2D eigenvalue weighted by molar-refractivity contribution is 0.660. The summed E-state index contributed by atoms with van der Waals surface area (Å²) in [5.74, 6) is 0. The fraction of sp³-hybridized carbons (Fsp3) is 0.0580. The van der Waals surface area contributed by atoms with Crippen molar-refractivity contribution in [2.75, 3.05) is 4.90 Å². The molecule has 3 aliphatic rings. The second-order valence-corrected chi connectivity index (χ2v) is 20.2. The van der Waals surface area contributed by atoms with Crippen molar-refractivity contribution in [3.8, 4) is 67.0 Å². The van der Waals surface area contributed by atoms with Gasteiger partial charge in [-0.25, -0.2) is 4.52 Å². The minimum Gasteiger partial charge on any atom is -0.310 e. The van der Waals surface area contributed by atoms with Gasteiger partial charge in [0.2, 0.25) is 0 Å². The van der Waals surface area contributed by atoms with E-state index in [9.17, 15) is 0 Å². The Hall–Kier alpha value is -9.05. The summed E-state index contributed by atoms with van der Waals surface area (Å²) in [5.41, 5.74) is 26.0. The van der Waals surface area contributed by atoms with Gasteiger partial charge >= 0.3 is 0 Å². The number of fused-ring (bicyclic) bond motifs is 16. The molecule has 0 atom stereocenters. The molecule has 15 rings (SSSR count). The number of hydrogen-bond donors (Lipinski definition) is 0. The highest BCUT2D eigenvalue weighted by molar-refractivity contribution is 6.10. The van der Waals surface area contributed by atoms with Crippen LogP contribution in [0.25, 0.3) is 83.3 Å². The van der Waals surface area contributed by atoms with Crippen LogP contribution in [0.3, 0.4) is 0 Å². The summed E-state index contributed by atoms with van der Waals surface area (Å²) in [7, 11) is 0. The largest absolute Gasteiger partial charge is 0.310 e. The molecule has 3 nitrogen and oxygen atoms in total. The zero-order chi connectivity index (χ0) is 47.7. The SMILES string of the molecule is CC1(C)c2ccccc2-c2c(N(c3ccc4c(c3)C3(c5ccccc5-c5ccccc53)c3ccccc3-4)c3ccc4c(c3)cc(-c3ccccc3)n3nc(-c5ccccc5)c(-c5ccccc5)c43)cccc21. The van der Waals surface area contributed by atoms with E-state index < -0.39 is 5.41 Å². The van der Waals surface area contributed by atoms with Crippen molar-refractivity contribution in [3.05, 3.63) is 282 Å². The van der Waals surface area contributed by atoms with E-state index in [1.54, 1.807) is 0 Å². The highest BCUT2D eigenvalue weighted by atomic mass is 15.2. The first-order chi connectivity index (χ1) is 35.5. The van der Waals surface area contributed by atoms with Crippen molar-refractivity contribution >= 4 is 33.4 Å². The van der Waals surface area contributed by atoms with Crippen LogP contribution in [0.5, 0.6) is 0 Å². The van der Waals surface area contributed by atoms with Gasteiger partial charge in [-0.2, -0.15) is 5.10 Å². The van der Waals surface area contributed by atoms with Gasteiger partial charge in [-0.15, -0.1) is 0 Å². The predicted molar refractivity (Wildman–Crippen MR) is 298 cm³/mol. The molecule has 2 aromatic heterocycles. The van der Waals surface area contributed by atoms with Crippen LogP contribution in [0, 0.1) is 0 Å².